The Morgan fingerprint density at radius 2 is 1.60 bits per heavy atom. The van der Waals surface area contributed by atoms with Crippen LogP contribution in [0.25, 0.3) is 0 Å². The second kappa shape index (κ2) is 7.87. The fourth-order valence-electron chi connectivity index (χ4n) is 2.08. The lowest BCUT2D eigenvalue weighted by molar-refractivity contribution is 0.0958. The van der Waals surface area contributed by atoms with Crippen LogP contribution in [0.1, 0.15) is 31.8 Å². The van der Waals surface area contributed by atoms with Gasteiger partial charge in [-0.3, -0.25) is 9.59 Å². The van der Waals surface area contributed by atoms with Crippen LogP contribution in [0.5, 0.6) is 0 Å². The first-order valence-electron chi connectivity index (χ1n) is 7.47. The molecule has 3 rings (SSSR count). The molecule has 0 bridgehead atoms. The molecule has 0 saturated heterocycles. The molecule has 2 N–H and O–H groups in total. The molecule has 5 nitrogen and oxygen atoms in total. The van der Waals surface area contributed by atoms with Crippen LogP contribution in [0.4, 0.5) is 5.69 Å². The number of nitrogens with one attached hydrogen (secondary N) is 2. The van der Waals surface area contributed by atoms with Crippen LogP contribution in [0.3, 0.4) is 0 Å². The van der Waals surface area contributed by atoms with Gasteiger partial charge >= 0.3 is 0 Å². The maximum absolute atomic E-state index is 12.1. The molecular formula is C18H15N3O2S2. The Morgan fingerprint density at radius 3 is 2.24 bits per heavy atom. The Morgan fingerprint density at radius 1 is 0.920 bits per heavy atom. The number of rotatable bonds is 5. The van der Waals surface area contributed by atoms with Gasteiger partial charge in [-0.15, -0.1) is 22.7 Å². The largest absolute Gasteiger partial charge is 0.321 e. The van der Waals surface area contributed by atoms with Crippen molar-refractivity contribution >= 4 is 45.9 Å². The number of hydrogen-bond donors (Lipinski definition) is 2. The quantitative estimate of drug-likeness (QED) is 0.522. The van der Waals surface area contributed by atoms with Gasteiger partial charge in [-0.05, 0) is 47.5 Å². The molecule has 2 amide bonds. The number of benzene rings is 1. The van der Waals surface area contributed by atoms with Crippen LogP contribution < -0.4 is 10.7 Å². The summed E-state index contributed by atoms with van der Waals surface area (Å²) in [5.74, 6) is -0.385. The van der Waals surface area contributed by atoms with Crippen LogP contribution in [0, 0.1) is 0 Å². The van der Waals surface area contributed by atoms with Gasteiger partial charge in [0.1, 0.15) is 0 Å². The molecule has 0 unspecified atom stereocenters. The molecule has 7 heteroatoms. The summed E-state index contributed by atoms with van der Waals surface area (Å²) < 4.78 is 0. The minimum absolute atomic E-state index is 0.146. The summed E-state index contributed by atoms with van der Waals surface area (Å²) in [5, 5.41) is 10.7. The van der Waals surface area contributed by atoms with Crippen molar-refractivity contribution in [3.63, 3.8) is 0 Å². The third-order valence-corrected chi connectivity index (χ3v) is 5.09. The molecule has 0 spiro atoms. The standard InChI is InChI=1S/C18H15N3O2S2/c1-12(20-21-18(23)16-8-4-10-25-16)13-5-2-6-14(11-13)19-17(22)15-7-3-9-24-15/h2-11H,1H3,(H,19,22)(H,21,23)/b20-12-. The summed E-state index contributed by atoms with van der Waals surface area (Å²) in [7, 11) is 0. The summed E-state index contributed by atoms with van der Waals surface area (Å²) in [6.45, 7) is 1.80. The zero-order chi connectivity index (χ0) is 17.6. The molecule has 2 aromatic heterocycles. The highest BCUT2D eigenvalue weighted by Crippen LogP contribution is 2.15. The second-order valence-electron chi connectivity index (χ2n) is 5.13. The number of nitrogens with zero attached hydrogens (tertiary/aromatic N) is 1. The predicted octanol–water partition coefficient (Wildman–Crippen LogP) is 4.22. The summed E-state index contributed by atoms with van der Waals surface area (Å²) in [4.78, 5) is 25.3. The molecule has 0 saturated carbocycles. The topological polar surface area (TPSA) is 70.6 Å². The average Bonchev–Trinajstić information content (AvgIpc) is 3.33. The van der Waals surface area contributed by atoms with Gasteiger partial charge in [0, 0.05) is 5.69 Å². The van der Waals surface area contributed by atoms with E-state index in [2.05, 4.69) is 15.8 Å². The van der Waals surface area contributed by atoms with E-state index >= 15 is 0 Å². The molecule has 25 heavy (non-hydrogen) atoms. The van der Waals surface area contributed by atoms with Gasteiger partial charge in [0.15, 0.2) is 0 Å². The van der Waals surface area contributed by atoms with Crippen LogP contribution in [-0.2, 0) is 0 Å². The van der Waals surface area contributed by atoms with Gasteiger partial charge in [-0.25, -0.2) is 5.43 Å². The van der Waals surface area contributed by atoms with Crippen molar-refractivity contribution in [1.29, 1.82) is 0 Å². The second-order valence-corrected chi connectivity index (χ2v) is 7.02. The maximum atomic E-state index is 12.1. The van der Waals surface area contributed by atoms with Gasteiger partial charge in [0.25, 0.3) is 11.8 Å². The Bertz CT molecular complexity index is 900. The lowest BCUT2D eigenvalue weighted by Gasteiger charge is -2.07. The molecule has 0 radical (unpaired) electrons. The Labute approximate surface area is 153 Å². The molecule has 126 valence electrons. The highest BCUT2D eigenvalue weighted by molar-refractivity contribution is 7.12. The Hall–Kier alpha value is -2.77. The van der Waals surface area contributed by atoms with E-state index in [9.17, 15) is 9.59 Å². The maximum Gasteiger partial charge on any atom is 0.281 e. The third-order valence-electron chi connectivity index (χ3n) is 3.35. The van der Waals surface area contributed by atoms with Crippen LogP contribution >= 0.6 is 22.7 Å². The van der Waals surface area contributed by atoms with Crippen molar-refractivity contribution < 1.29 is 9.59 Å². The number of carbonyl (C=O) groups is 2. The van der Waals surface area contributed by atoms with Crippen LogP contribution in [-0.4, -0.2) is 17.5 Å². The highest BCUT2D eigenvalue weighted by Gasteiger charge is 2.08. The first-order chi connectivity index (χ1) is 12.1. The van der Waals surface area contributed by atoms with E-state index in [1.54, 1.807) is 19.1 Å². The Kier molecular flexibility index (Phi) is 5.37. The molecule has 0 aliphatic rings. The SMILES string of the molecule is C/C(=N/NC(=O)c1cccs1)c1cccc(NC(=O)c2cccs2)c1. The molecule has 3 aromatic rings. The molecule has 0 aliphatic carbocycles. The number of amides is 2. The lowest BCUT2D eigenvalue weighted by atomic mass is 10.1. The fraction of sp³-hybridized carbons (Fsp3) is 0.0556. The third kappa shape index (κ3) is 4.40. The zero-order valence-electron chi connectivity index (χ0n) is 13.4. The van der Waals surface area contributed by atoms with Gasteiger partial charge in [0.2, 0.25) is 0 Å². The van der Waals surface area contributed by atoms with Crippen molar-refractivity contribution in [2.24, 2.45) is 5.10 Å². The molecule has 0 atom stereocenters. The summed E-state index contributed by atoms with van der Waals surface area (Å²) >= 11 is 2.75. The van der Waals surface area contributed by atoms with Crippen molar-refractivity contribution in [3.8, 4) is 0 Å². The van der Waals surface area contributed by atoms with Crippen molar-refractivity contribution in [3.05, 3.63) is 74.6 Å². The number of thiophene rings is 2. The monoisotopic (exact) mass is 369 g/mol. The van der Waals surface area contributed by atoms with Crippen LogP contribution in [0.2, 0.25) is 0 Å². The average molecular weight is 369 g/mol. The lowest BCUT2D eigenvalue weighted by Crippen LogP contribution is -2.18. The molecule has 1 aromatic carbocycles. The van der Waals surface area contributed by atoms with Crippen LogP contribution in [0.15, 0.2) is 64.4 Å². The van der Waals surface area contributed by atoms with E-state index < -0.39 is 0 Å². The number of hydrazone groups is 1. The predicted molar refractivity (Wildman–Crippen MR) is 103 cm³/mol. The van der Waals surface area contributed by atoms with Crippen molar-refractivity contribution in [2.45, 2.75) is 6.92 Å². The minimum atomic E-state index is -0.239. The van der Waals surface area contributed by atoms with E-state index in [0.29, 0.717) is 21.2 Å². The molecule has 0 aliphatic heterocycles. The van der Waals surface area contributed by atoms with Gasteiger partial charge in [-0.1, -0.05) is 24.3 Å². The number of anilines is 1. The van der Waals surface area contributed by atoms with Crippen molar-refractivity contribution in [1.82, 2.24) is 5.43 Å². The molecular weight excluding hydrogens is 354 g/mol. The smallest absolute Gasteiger partial charge is 0.281 e. The van der Waals surface area contributed by atoms with Gasteiger partial charge in [-0.2, -0.15) is 5.10 Å². The normalized spacial score (nSPS) is 11.2. The summed E-state index contributed by atoms with van der Waals surface area (Å²) in [5.41, 5.74) is 4.68. The molecule has 2 heterocycles. The van der Waals surface area contributed by atoms with E-state index in [0.717, 1.165) is 5.56 Å². The number of hydrogen-bond acceptors (Lipinski definition) is 5. The number of carbonyl (C=O) groups excluding carboxylic acids is 2. The van der Waals surface area contributed by atoms with E-state index in [1.807, 2.05) is 47.2 Å². The van der Waals surface area contributed by atoms with E-state index in [4.69, 9.17) is 0 Å². The Balaban J connectivity index is 1.68. The fourth-order valence-corrected chi connectivity index (χ4v) is 3.32. The first kappa shape index (κ1) is 17.1. The summed E-state index contributed by atoms with van der Waals surface area (Å²) in [6, 6.07) is 14.5. The van der Waals surface area contributed by atoms with Gasteiger partial charge in [0.05, 0.1) is 15.5 Å². The highest BCUT2D eigenvalue weighted by atomic mass is 32.1. The molecule has 0 fully saturated rings. The van der Waals surface area contributed by atoms with Crippen molar-refractivity contribution in [2.75, 3.05) is 5.32 Å². The van der Waals surface area contributed by atoms with E-state index in [1.165, 1.54) is 22.7 Å². The zero-order valence-corrected chi connectivity index (χ0v) is 15.0. The first-order valence-corrected chi connectivity index (χ1v) is 9.23. The van der Waals surface area contributed by atoms with Gasteiger partial charge < -0.3 is 5.32 Å². The van der Waals surface area contributed by atoms with E-state index in [-0.39, 0.29) is 11.8 Å². The minimum Gasteiger partial charge on any atom is -0.321 e. The summed E-state index contributed by atoms with van der Waals surface area (Å²) in [6.07, 6.45) is 0.